The molecule has 2 N–H and O–H groups in total. The minimum Gasteiger partial charge on any atom is -0.489 e. The van der Waals surface area contributed by atoms with E-state index in [1.165, 1.54) is 22.2 Å². The van der Waals surface area contributed by atoms with Gasteiger partial charge in [0.05, 0.1) is 6.04 Å². The molecule has 0 amide bonds. The van der Waals surface area contributed by atoms with Gasteiger partial charge in [0.1, 0.15) is 12.4 Å². The highest BCUT2D eigenvalue weighted by atomic mass is 35.5. The molecule has 0 spiro atoms. The Morgan fingerprint density at radius 2 is 2.07 bits per heavy atom. The van der Waals surface area contributed by atoms with Gasteiger partial charge in [-0.3, -0.25) is 0 Å². The summed E-state index contributed by atoms with van der Waals surface area (Å²) in [4.78, 5) is 3.60. The number of benzene rings is 2. The molecule has 29 heavy (non-hydrogen) atoms. The highest BCUT2D eigenvalue weighted by Crippen LogP contribution is 2.35. The molecule has 0 fully saturated rings. The lowest BCUT2D eigenvalue weighted by atomic mass is 9.94. The van der Waals surface area contributed by atoms with Crippen molar-refractivity contribution in [1.82, 2.24) is 10.3 Å². The summed E-state index contributed by atoms with van der Waals surface area (Å²) in [5, 5.41) is 5.64. The summed E-state index contributed by atoms with van der Waals surface area (Å²) >= 11 is 6.22. The topological polar surface area (TPSA) is 37.0 Å². The number of halogens is 1. The van der Waals surface area contributed by atoms with Gasteiger partial charge in [0.2, 0.25) is 0 Å². The molecule has 1 unspecified atom stereocenters. The minimum absolute atomic E-state index is 0.137. The Hall–Kier alpha value is -2.75. The predicted octanol–water partition coefficient (Wildman–Crippen LogP) is 6.12. The molecule has 1 aliphatic heterocycles. The number of H-pyrrole nitrogens is 1. The van der Waals surface area contributed by atoms with E-state index >= 15 is 0 Å². The minimum atomic E-state index is 0.137. The summed E-state index contributed by atoms with van der Waals surface area (Å²) in [5.41, 5.74) is 6.02. The zero-order valence-electron chi connectivity index (χ0n) is 16.5. The molecule has 3 aromatic rings. The van der Waals surface area contributed by atoms with Crippen molar-refractivity contribution in [2.24, 2.45) is 0 Å². The molecule has 4 rings (SSSR count). The van der Waals surface area contributed by atoms with Crippen LogP contribution in [0.5, 0.6) is 5.75 Å². The Morgan fingerprint density at radius 3 is 2.83 bits per heavy atom. The van der Waals surface area contributed by atoms with Crippen LogP contribution in [-0.2, 0) is 6.42 Å². The van der Waals surface area contributed by atoms with Crippen molar-refractivity contribution >= 4 is 22.5 Å². The van der Waals surface area contributed by atoms with E-state index in [-0.39, 0.29) is 6.04 Å². The molecule has 4 heteroatoms. The van der Waals surface area contributed by atoms with E-state index in [2.05, 4.69) is 41.1 Å². The number of hydrogen-bond acceptors (Lipinski definition) is 2. The second kappa shape index (κ2) is 8.73. The summed E-state index contributed by atoms with van der Waals surface area (Å²) in [5.74, 6) is 0.854. The lowest BCUT2D eigenvalue weighted by molar-refractivity contribution is 0.355. The van der Waals surface area contributed by atoms with Crippen LogP contribution in [-0.4, -0.2) is 18.1 Å². The normalized spacial score (nSPS) is 16.9. The van der Waals surface area contributed by atoms with Gasteiger partial charge in [-0.15, -0.1) is 0 Å². The maximum Gasteiger partial charge on any atom is 0.119 e. The van der Waals surface area contributed by atoms with Crippen LogP contribution in [0.25, 0.3) is 10.9 Å². The number of ether oxygens (including phenoxy) is 1. The first-order valence-electron chi connectivity index (χ1n) is 9.90. The third-order valence-corrected chi connectivity index (χ3v) is 5.48. The highest BCUT2D eigenvalue weighted by Gasteiger charge is 2.25. The van der Waals surface area contributed by atoms with Crippen molar-refractivity contribution in [2.45, 2.75) is 19.4 Å². The van der Waals surface area contributed by atoms with Gasteiger partial charge in [-0.1, -0.05) is 54.6 Å². The van der Waals surface area contributed by atoms with Crippen LogP contribution < -0.4 is 10.1 Å². The fraction of sp³-hybridized carbons (Fsp3) is 0.200. The third kappa shape index (κ3) is 4.16. The van der Waals surface area contributed by atoms with E-state index in [1.807, 2.05) is 43.4 Å². The van der Waals surface area contributed by atoms with E-state index in [4.69, 9.17) is 16.3 Å². The van der Waals surface area contributed by atoms with Crippen LogP contribution in [0.4, 0.5) is 0 Å². The van der Waals surface area contributed by atoms with Gasteiger partial charge >= 0.3 is 0 Å². The molecule has 0 bridgehead atoms. The van der Waals surface area contributed by atoms with E-state index in [0.717, 1.165) is 34.8 Å². The second-order valence-corrected chi connectivity index (χ2v) is 7.62. The number of aromatic nitrogens is 1. The molecule has 0 saturated carbocycles. The second-order valence-electron chi connectivity index (χ2n) is 7.18. The quantitative estimate of drug-likeness (QED) is 0.485. The van der Waals surface area contributed by atoms with E-state index in [9.17, 15) is 0 Å². The first-order valence-corrected chi connectivity index (χ1v) is 10.3. The highest BCUT2D eigenvalue weighted by molar-refractivity contribution is 6.31. The molecule has 1 atom stereocenters. The number of aromatic amines is 1. The largest absolute Gasteiger partial charge is 0.489 e. The monoisotopic (exact) mass is 404 g/mol. The zero-order chi connectivity index (χ0) is 20.2. The number of fused-ring (bicyclic) bond motifs is 3. The molecule has 0 radical (unpaired) electrons. The first kappa shape index (κ1) is 19.6. The predicted molar refractivity (Wildman–Crippen MR) is 122 cm³/mol. The Labute approximate surface area is 176 Å². The molecule has 2 aromatic carbocycles. The van der Waals surface area contributed by atoms with Crippen molar-refractivity contribution in [2.75, 3.05) is 13.2 Å². The SMILES string of the molecule is C=C/C=C(\C=C/C)COc1ccc(C2NCCc3c2[nH]c2ccc(Cl)cc32)cc1. The van der Waals surface area contributed by atoms with Crippen LogP contribution >= 0.6 is 11.6 Å². The zero-order valence-corrected chi connectivity index (χ0v) is 17.3. The molecule has 1 aromatic heterocycles. The third-order valence-electron chi connectivity index (χ3n) is 5.24. The van der Waals surface area contributed by atoms with Crippen LogP contribution in [0.2, 0.25) is 5.02 Å². The fourth-order valence-corrected chi connectivity index (χ4v) is 4.10. The van der Waals surface area contributed by atoms with Gasteiger partial charge in [0.15, 0.2) is 0 Å². The summed E-state index contributed by atoms with van der Waals surface area (Å²) in [6.07, 6.45) is 8.77. The summed E-state index contributed by atoms with van der Waals surface area (Å²) in [6, 6.07) is 14.5. The first-order chi connectivity index (χ1) is 14.2. The average molecular weight is 405 g/mol. The summed E-state index contributed by atoms with van der Waals surface area (Å²) in [6.45, 7) is 7.21. The smallest absolute Gasteiger partial charge is 0.119 e. The van der Waals surface area contributed by atoms with Crippen LogP contribution in [0.1, 0.15) is 29.8 Å². The van der Waals surface area contributed by atoms with Crippen molar-refractivity contribution < 1.29 is 4.74 Å². The van der Waals surface area contributed by atoms with E-state index < -0.39 is 0 Å². The van der Waals surface area contributed by atoms with Gasteiger partial charge in [-0.05, 0) is 60.4 Å². The number of allylic oxidation sites excluding steroid dienone is 3. The van der Waals surface area contributed by atoms with Crippen LogP contribution in [0, 0.1) is 0 Å². The molecule has 3 nitrogen and oxygen atoms in total. The average Bonchev–Trinajstić information content (AvgIpc) is 3.11. The lowest BCUT2D eigenvalue weighted by Gasteiger charge is -2.25. The van der Waals surface area contributed by atoms with Gasteiger partial charge in [0.25, 0.3) is 0 Å². The van der Waals surface area contributed by atoms with Crippen molar-refractivity contribution in [1.29, 1.82) is 0 Å². The molecule has 2 heterocycles. The molecule has 0 aliphatic carbocycles. The maximum atomic E-state index is 6.22. The standard InChI is InChI=1S/C25H25ClN2O/c1-3-5-17(6-4-2)16-29-20-10-7-18(8-11-20)24-25-21(13-14-27-24)22-15-19(26)9-12-23(22)28-25/h3-12,15,24,27-28H,1,13-14,16H2,2H3/b6-4-,17-5+. The Balaban J connectivity index is 1.55. The Kier molecular flexibility index (Phi) is 5.89. The van der Waals surface area contributed by atoms with Gasteiger partial charge < -0.3 is 15.0 Å². The Morgan fingerprint density at radius 1 is 1.24 bits per heavy atom. The lowest BCUT2D eigenvalue weighted by Crippen LogP contribution is -2.30. The summed E-state index contributed by atoms with van der Waals surface area (Å²) < 4.78 is 5.94. The van der Waals surface area contributed by atoms with Gasteiger partial charge in [-0.2, -0.15) is 0 Å². The van der Waals surface area contributed by atoms with Crippen LogP contribution in [0.3, 0.4) is 0 Å². The Bertz CT molecular complexity index is 1080. The van der Waals surface area contributed by atoms with Crippen molar-refractivity contribution in [3.63, 3.8) is 0 Å². The maximum absolute atomic E-state index is 6.22. The molecule has 148 valence electrons. The molecular weight excluding hydrogens is 380 g/mol. The number of rotatable bonds is 6. The van der Waals surface area contributed by atoms with Crippen LogP contribution in [0.15, 0.2) is 78.9 Å². The van der Waals surface area contributed by atoms with Crippen molar-refractivity contribution in [3.05, 3.63) is 101 Å². The van der Waals surface area contributed by atoms with E-state index in [0.29, 0.717) is 6.61 Å². The van der Waals surface area contributed by atoms with Gasteiger partial charge in [-0.25, -0.2) is 0 Å². The molecule has 1 aliphatic rings. The number of hydrogen-bond donors (Lipinski definition) is 2. The molecular formula is C25H25ClN2O. The fourth-order valence-electron chi connectivity index (χ4n) is 3.92. The van der Waals surface area contributed by atoms with Gasteiger partial charge in [0, 0.05) is 28.2 Å². The summed E-state index contributed by atoms with van der Waals surface area (Å²) in [7, 11) is 0. The van der Waals surface area contributed by atoms with Crippen molar-refractivity contribution in [3.8, 4) is 5.75 Å². The van der Waals surface area contributed by atoms with E-state index in [1.54, 1.807) is 6.08 Å². The number of nitrogens with one attached hydrogen (secondary N) is 2. The molecule has 0 saturated heterocycles.